The SMILES string of the molecule is Cn1cc(CC(=O)Cc2ccccc2)cn1. The highest BCUT2D eigenvalue weighted by molar-refractivity contribution is 5.82. The van der Waals surface area contributed by atoms with Crippen LogP contribution >= 0.6 is 0 Å². The first-order valence-electron chi connectivity index (χ1n) is 5.27. The molecule has 3 heteroatoms. The molecule has 0 amide bonds. The second-order valence-corrected chi connectivity index (χ2v) is 3.90. The van der Waals surface area contributed by atoms with Crippen molar-refractivity contribution >= 4 is 5.78 Å². The third kappa shape index (κ3) is 2.79. The van der Waals surface area contributed by atoms with Gasteiger partial charge >= 0.3 is 0 Å². The van der Waals surface area contributed by atoms with Gasteiger partial charge < -0.3 is 0 Å². The van der Waals surface area contributed by atoms with Crippen LogP contribution in [0, 0.1) is 0 Å². The van der Waals surface area contributed by atoms with E-state index in [2.05, 4.69) is 5.10 Å². The molecule has 0 saturated heterocycles. The number of carbonyl (C=O) groups is 1. The van der Waals surface area contributed by atoms with E-state index in [-0.39, 0.29) is 5.78 Å². The smallest absolute Gasteiger partial charge is 0.141 e. The van der Waals surface area contributed by atoms with Gasteiger partial charge in [0, 0.05) is 26.1 Å². The number of rotatable bonds is 4. The summed E-state index contributed by atoms with van der Waals surface area (Å²) < 4.78 is 1.71. The fraction of sp³-hybridized carbons (Fsp3) is 0.231. The molecule has 0 aliphatic carbocycles. The monoisotopic (exact) mass is 214 g/mol. The van der Waals surface area contributed by atoms with E-state index in [1.54, 1.807) is 10.9 Å². The first-order valence-corrected chi connectivity index (χ1v) is 5.27. The maximum atomic E-state index is 11.8. The van der Waals surface area contributed by atoms with Crippen LogP contribution < -0.4 is 0 Å². The minimum atomic E-state index is 0.221. The van der Waals surface area contributed by atoms with Gasteiger partial charge in [0.05, 0.1) is 6.20 Å². The van der Waals surface area contributed by atoms with Crippen molar-refractivity contribution in [2.75, 3.05) is 0 Å². The van der Waals surface area contributed by atoms with Crippen molar-refractivity contribution < 1.29 is 4.79 Å². The van der Waals surface area contributed by atoms with E-state index in [9.17, 15) is 4.79 Å². The molecule has 0 aliphatic heterocycles. The van der Waals surface area contributed by atoms with Crippen LogP contribution in [0.2, 0.25) is 0 Å². The number of Topliss-reactive ketones (excluding diaryl/α,β-unsaturated/α-hetero) is 1. The molecule has 0 bridgehead atoms. The largest absolute Gasteiger partial charge is 0.299 e. The van der Waals surface area contributed by atoms with Crippen LogP contribution in [0.1, 0.15) is 11.1 Å². The van der Waals surface area contributed by atoms with Crippen LogP contribution in [0.4, 0.5) is 0 Å². The van der Waals surface area contributed by atoms with Crippen molar-refractivity contribution in [1.29, 1.82) is 0 Å². The van der Waals surface area contributed by atoms with Crippen molar-refractivity contribution in [3.8, 4) is 0 Å². The third-order valence-corrected chi connectivity index (χ3v) is 2.40. The van der Waals surface area contributed by atoms with E-state index < -0.39 is 0 Å². The normalized spacial score (nSPS) is 10.3. The lowest BCUT2D eigenvalue weighted by molar-refractivity contribution is -0.117. The number of aromatic nitrogens is 2. The molecular formula is C13H14N2O. The summed E-state index contributed by atoms with van der Waals surface area (Å²) in [7, 11) is 1.85. The average Bonchev–Trinajstić information content (AvgIpc) is 2.65. The second-order valence-electron chi connectivity index (χ2n) is 3.90. The minimum Gasteiger partial charge on any atom is -0.299 e. The highest BCUT2D eigenvalue weighted by Crippen LogP contribution is 2.04. The Hall–Kier alpha value is -1.90. The van der Waals surface area contributed by atoms with Crippen molar-refractivity contribution in [2.24, 2.45) is 7.05 Å². The molecule has 0 fully saturated rings. The van der Waals surface area contributed by atoms with Crippen molar-refractivity contribution in [3.05, 3.63) is 53.9 Å². The predicted molar refractivity (Wildman–Crippen MR) is 62.1 cm³/mol. The molecule has 3 nitrogen and oxygen atoms in total. The number of hydrogen-bond acceptors (Lipinski definition) is 2. The molecule has 1 heterocycles. The fourth-order valence-corrected chi connectivity index (χ4v) is 1.68. The molecule has 0 saturated carbocycles. The maximum Gasteiger partial charge on any atom is 0.141 e. The van der Waals surface area contributed by atoms with Crippen LogP contribution in [0.25, 0.3) is 0 Å². The molecular weight excluding hydrogens is 200 g/mol. The summed E-state index contributed by atoms with van der Waals surface area (Å²) in [5.74, 6) is 0.221. The highest BCUT2D eigenvalue weighted by atomic mass is 16.1. The Labute approximate surface area is 94.7 Å². The third-order valence-electron chi connectivity index (χ3n) is 2.40. The van der Waals surface area contributed by atoms with Gasteiger partial charge in [0.1, 0.15) is 5.78 Å². The van der Waals surface area contributed by atoms with Crippen LogP contribution in [-0.2, 0) is 24.7 Å². The topological polar surface area (TPSA) is 34.9 Å². The molecule has 0 spiro atoms. The molecule has 0 aliphatic rings. The zero-order valence-corrected chi connectivity index (χ0v) is 9.26. The van der Waals surface area contributed by atoms with Gasteiger partial charge in [0.15, 0.2) is 0 Å². The van der Waals surface area contributed by atoms with E-state index in [0.29, 0.717) is 12.8 Å². The predicted octanol–water partition coefficient (Wildman–Crippen LogP) is 1.77. The van der Waals surface area contributed by atoms with Gasteiger partial charge in [0.2, 0.25) is 0 Å². The first kappa shape index (κ1) is 10.6. The van der Waals surface area contributed by atoms with E-state index in [1.807, 2.05) is 43.6 Å². The Morgan fingerprint density at radius 2 is 1.88 bits per heavy atom. The van der Waals surface area contributed by atoms with Gasteiger partial charge in [0.25, 0.3) is 0 Å². The summed E-state index contributed by atoms with van der Waals surface area (Å²) in [6.45, 7) is 0. The van der Waals surface area contributed by atoms with Crippen molar-refractivity contribution in [1.82, 2.24) is 9.78 Å². The summed E-state index contributed by atoms with van der Waals surface area (Å²) in [5, 5.41) is 4.04. The number of nitrogens with zero attached hydrogens (tertiary/aromatic N) is 2. The molecule has 0 unspecified atom stereocenters. The summed E-state index contributed by atoms with van der Waals surface area (Å²) >= 11 is 0. The van der Waals surface area contributed by atoms with Crippen LogP contribution in [0.5, 0.6) is 0 Å². The Morgan fingerprint density at radius 3 is 2.50 bits per heavy atom. The molecule has 1 aromatic carbocycles. The van der Waals surface area contributed by atoms with Gasteiger partial charge in [-0.3, -0.25) is 9.48 Å². The van der Waals surface area contributed by atoms with Gasteiger partial charge in [-0.25, -0.2) is 0 Å². The molecule has 2 rings (SSSR count). The number of ketones is 1. The van der Waals surface area contributed by atoms with Crippen molar-refractivity contribution in [2.45, 2.75) is 12.8 Å². The Balaban J connectivity index is 1.95. The summed E-state index contributed by atoms with van der Waals surface area (Å²) in [6, 6.07) is 9.80. The number of benzene rings is 1. The molecule has 0 atom stereocenters. The van der Waals surface area contributed by atoms with E-state index >= 15 is 0 Å². The fourth-order valence-electron chi connectivity index (χ4n) is 1.68. The lowest BCUT2D eigenvalue weighted by Gasteiger charge is -1.99. The standard InChI is InChI=1S/C13H14N2O/c1-15-10-12(9-14-15)8-13(16)7-11-5-3-2-4-6-11/h2-6,9-10H,7-8H2,1H3. The number of hydrogen-bond donors (Lipinski definition) is 0. The van der Waals surface area contributed by atoms with E-state index in [0.717, 1.165) is 11.1 Å². The Bertz CT molecular complexity index is 474. The highest BCUT2D eigenvalue weighted by Gasteiger charge is 2.06. The lowest BCUT2D eigenvalue weighted by Crippen LogP contribution is -2.05. The molecule has 16 heavy (non-hydrogen) atoms. The van der Waals surface area contributed by atoms with Crippen LogP contribution in [-0.4, -0.2) is 15.6 Å². The van der Waals surface area contributed by atoms with Crippen molar-refractivity contribution in [3.63, 3.8) is 0 Å². The first-order chi connectivity index (χ1) is 7.74. The molecule has 0 radical (unpaired) electrons. The Kier molecular flexibility index (Phi) is 3.15. The zero-order valence-electron chi connectivity index (χ0n) is 9.26. The average molecular weight is 214 g/mol. The molecule has 82 valence electrons. The van der Waals surface area contributed by atoms with Crippen LogP contribution in [0.3, 0.4) is 0 Å². The summed E-state index contributed by atoms with van der Waals surface area (Å²) in [5.41, 5.74) is 2.04. The number of carbonyl (C=O) groups excluding carboxylic acids is 1. The zero-order chi connectivity index (χ0) is 11.4. The summed E-state index contributed by atoms with van der Waals surface area (Å²) in [6.07, 6.45) is 4.57. The van der Waals surface area contributed by atoms with Gasteiger partial charge in [-0.05, 0) is 11.1 Å². The van der Waals surface area contributed by atoms with Gasteiger partial charge in [-0.2, -0.15) is 5.10 Å². The summed E-state index contributed by atoms with van der Waals surface area (Å²) in [4.78, 5) is 11.8. The second kappa shape index (κ2) is 4.75. The van der Waals surface area contributed by atoms with Gasteiger partial charge in [-0.1, -0.05) is 30.3 Å². The Morgan fingerprint density at radius 1 is 1.19 bits per heavy atom. The van der Waals surface area contributed by atoms with E-state index in [4.69, 9.17) is 0 Å². The quantitative estimate of drug-likeness (QED) is 0.777. The lowest BCUT2D eigenvalue weighted by atomic mass is 10.1. The molecule has 2 aromatic rings. The van der Waals surface area contributed by atoms with E-state index in [1.165, 1.54) is 0 Å². The minimum absolute atomic E-state index is 0.221. The molecule has 0 N–H and O–H groups in total. The molecule has 1 aromatic heterocycles. The number of aryl methyl sites for hydroxylation is 1. The maximum absolute atomic E-state index is 11.8. The van der Waals surface area contributed by atoms with Crippen LogP contribution in [0.15, 0.2) is 42.7 Å². The van der Waals surface area contributed by atoms with Gasteiger partial charge in [-0.15, -0.1) is 0 Å².